The molecule has 0 fully saturated rings. The average Bonchev–Trinajstić information content (AvgIpc) is 2.77. The third-order valence-corrected chi connectivity index (χ3v) is 2.91. The number of anilines is 1. The van der Waals surface area contributed by atoms with Gasteiger partial charge in [-0.05, 0) is 46.3 Å². The second kappa shape index (κ2) is 4.63. The fourth-order valence-electron chi connectivity index (χ4n) is 1.42. The lowest BCUT2D eigenvalue weighted by molar-refractivity contribution is 0.0566. The van der Waals surface area contributed by atoms with E-state index in [2.05, 4.69) is 20.7 Å². The molecule has 2 aromatic rings. The number of nitrogens with two attached hydrogens (primary N) is 1. The van der Waals surface area contributed by atoms with Gasteiger partial charge in [0.15, 0.2) is 0 Å². The van der Waals surface area contributed by atoms with Gasteiger partial charge in [-0.3, -0.25) is 0 Å². The molecule has 1 heterocycles. The molecule has 0 saturated heterocycles. The van der Waals surface area contributed by atoms with E-state index in [0.29, 0.717) is 11.4 Å². The van der Waals surface area contributed by atoms with Gasteiger partial charge in [0, 0.05) is 15.7 Å². The summed E-state index contributed by atoms with van der Waals surface area (Å²) >= 11 is 3.39. The van der Waals surface area contributed by atoms with Crippen molar-refractivity contribution in [1.82, 2.24) is 0 Å². The molecule has 17 heavy (non-hydrogen) atoms. The fourth-order valence-corrected chi connectivity index (χ4v) is 2.02. The molecule has 2 rings (SSSR count). The first-order valence-corrected chi connectivity index (χ1v) is 5.64. The number of ether oxygens (including phenoxy) is 1. The summed E-state index contributed by atoms with van der Waals surface area (Å²) in [7, 11) is 1.31. The molecular weight excluding hydrogens is 286 g/mol. The van der Waals surface area contributed by atoms with Crippen molar-refractivity contribution in [3.63, 3.8) is 0 Å². The number of benzene rings is 1. The van der Waals surface area contributed by atoms with Crippen molar-refractivity contribution in [1.29, 1.82) is 0 Å². The van der Waals surface area contributed by atoms with Gasteiger partial charge in [0.1, 0.15) is 5.76 Å². The van der Waals surface area contributed by atoms with Crippen LogP contribution < -0.4 is 5.73 Å². The number of hydrogen-bond acceptors (Lipinski definition) is 4. The second-order valence-electron chi connectivity index (χ2n) is 3.39. The van der Waals surface area contributed by atoms with Crippen LogP contribution in [0.1, 0.15) is 10.6 Å². The van der Waals surface area contributed by atoms with Crippen molar-refractivity contribution in [3.05, 3.63) is 40.6 Å². The lowest BCUT2D eigenvalue weighted by Gasteiger charge is -2.02. The van der Waals surface area contributed by atoms with Gasteiger partial charge in [-0.25, -0.2) is 4.79 Å². The predicted molar refractivity (Wildman–Crippen MR) is 67.6 cm³/mol. The highest BCUT2D eigenvalue weighted by atomic mass is 79.9. The summed E-state index contributed by atoms with van der Waals surface area (Å²) in [6, 6.07) is 8.64. The summed E-state index contributed by atoms with van der Waals surface area (Å²) < 4.78 is 10.8. The number of furan rings is 1. The minimum Gasteiger partial charge on any atom is -0.463 e. The first kappa shape index (κ1) is 11.7. The average molecular weight is 296 g/mol. The van der Waals surface area contributed by atoms with Crippen LogP contribution in [0.25, 0.3) is 11.3 Å². The molecule has 0 aliphatic rings. The normalized spacial score (nSPS) is 10.2. The smallest absolute Gasteiger partial charge is 0.373 e. The number of methoxy groups -OCH3 is 1. The van der Waals surface area contributed by atoms with Crippen LogP contribution in [0.2, 0.25) is 0 Å². The lowest BCUT2D eigenvalue weighted by Crippen LogP contribution is -1.98. The summed E-state index contributed by atoms with van der Waals surface area (Å²) in [6.07, 6.45) is 0. The molecule has 4 nitrogen and oxygen atoms in total. The van der Waals surface area contributed by atoms with Gasteiger partial charge in [-0.1, -0.05) is 0 Å². The Bertz CT molecular complexity index is 563. The number of hydrogen-bond donors (Lipinski definition) is 1. The first-order valence-electron chi connectivity index (χ1n) is 4.85. The van der Waals surface area contributed by atoms with Gasteiger partial charge in [-0.2, -0.15) is 0 Å². The summed E-state index contributed by atoms with van der Waals surface area (Å²) in [6.45, 7) is 0. The minimum absolute atomic E-state index is 0.172. The summed E-state index contributed by atoms with van der Waals surface area (Å²) in [5.74, 6) is 0.256. The highest BCUT2D eigenvalue weighted by Gasteiger charge is 2.13. The molecule has 0 radical (unpaired) electrons. The van der Waals surface area contributed by atoms with Crippen LogP contribution in [0.5, 0.6) is 0 Å². The van der Waals surface area contributed by atoms with Crippen molar-refractivity contribution >= 4 is 27.6 Å². The molecule has 0 aliphatic heterocycles. The zero-order chi connectivity index (χ0) is 12.4. The number of rotatable bonds is 2. The Labute approximate surface area is 106 Å². The van der Waals surface area contributed by atoms with E-state index >= 15 is 0 Å². The monoisotopic (exact) mass is 295 g/mol. The number of carbonyl (C=O) groups excluding carboxylic acids is 1. The van der Waals surface area contributed by atoms with Gasteiger partial charge in [-0.15, -0.1) is 0 Å². The van der Waals surface area contributed by atoms with Crippen molar-refractivity contribution < 1.29 is 13.9 Å². The standard InChI is InChI=1S/C12H10BrNO3/c1-16-12(15)11-5-4-10(17-11)8-3-2-7(14)6-9(8)13/h2-6H,14H2,1H3. The van der Waals surface area contributed by atoms with Crippen LogP contribution in [0.4, 0.5) is 5.69 Å². The molecule has 0 unspecified atom stereocenters. The Morgan fingerprint density at radius 3 is 2.76 bits per heavy atom. The molecule has 0 aliphatic carbocycles. The zero-order valence-electron chi connectivity index (χ0n) is 9.07. The molecule has 0 bridgehead atoms. The van der Waals surface area contributed by atoms with Gasteiger partial charge in [0.25, 0.3) is 0 Å². The molecule has 2 N–H and O–H groups in total. The van der Waals surface area contributed by atoms with E-state index < -0.39 is 5.97 Å². The van der Waals surface area contributed by atoms with Gasteiger partial charge in [0.2, 0.25) is 5.76 Å². The first-order chi connectivity index (χ1) is 8.11. The van der Waals surface area contributed by atoms with E-state index in [1.165, 1.54) is 7.11 Å². The maximum atomic E-state index is 11.2. The van der Waals surface area contributed by atoms with Crippen molar-refractivity contribution in [3.8, 4) is 11.3 Å². The topological polar surface area (TPSA) is 65.5 Å². The van der Waals surface area contributed by atoms with Crippen molar-refractivity contribution in [2.45, 2.75) is 0 Å². The zero-order valence-corrected chi connectivity index (χ0v) is 10.7. The lowest BCUT2D eigenvalue weighted by atomic mass is 10.1. The maximum absolute atomic E-state index is 11.2. The molecular formula is C12H10BrNO3. The molecule has 1 aromatic carbocycles. The number of halogens is 1. The Kier molecular flexibility index (Phi) is 3.19. The van der Waals surface area contributed by atoms with Gasteiger partial charge >= 0.3 is 5.97 Å². The molecule has 88 valence electrons. The van der Waals surface area contributed by atoms with Crippen LogP contribution in [-0.2, 0) is 4.74 Å². The quantitative estimate of drug-likeness (QED) is 0.683. The Balaban J connectivity index is 2.40. The van der Waals surface area contributed by atoms with Crippen LogP contribution in [-0.4, -0.2) is 13.1 Å². The molecule has 0 atom stereocenters. The third kappa shape index (κ3) is 2.34. The predicted octanol–water partition coefficient (Wildman–Crippen LogP) is 3.08. The third-order valence-electron chi connectivity index (χ3n) is 2.25. The number of carbonyl (C=O) groups is 1. The second-order valence-corrected chi connectivity index (χ2v) is 4.25. The van der Waals surface area contributed by atoms with E-state index in [1.807, 2.05) is 6.07 Å². The van der Waals surface area contributed by atoms with Crippen molar-refractivity contribution in [2.24, 2.45) is 0 Å². The van der Waals surface area contributed by atoms with E-state index in [0.717, 1.165) is 10.0 Å². The minimum atomic E-state index is -0.497. The van der Waals surface area contributed by atoms with Gasteiger partial charge < -0.3 is 14.9 Å². The van der Waals surface area contributed by atoms with Crippen LogP contribution in [0, 0.1) is 0 Å². The Morgan fingerprint density at radius 2 is 2.12 bits per heavy atom. The van der Waals surface area contributed by atoms with Crippen LogP contribution in [0.3, 0.4) is 0 Å². The molecule has 0 spiro atoms. The molecule has 1 aromatic heterocycles. The molecule has 5 heteroatoms. The van der Waals surface area contributed by atoms with Crippen LogP contribution >= 0.6 is 15.9 Å². The SMILES string of the molecule is COC(=O)c1ccc(-c2ccc(N)cc2Br)o1. The highest BCUT2D eigenvalue weighted by molar-refractivity contribution is 9.10. The summed E-state index contributed by atoms with van der Waals surface area (Å²) in [5.41, 5.74) is 7.13. The largest absolute Gasteiger partial charge is 0.463 e. The number of esters is 1. The van der Waals surface area contributed by atoms with E-state index in [-0.39, 0.29) is 5.76 Å². The maximum Gasteiger partial charge on any atom is 0.373 e. The summed E-state index contributed by atoms with van der Waals surface area (Å²) in [4.78, 5) is 11.2. The highest BCUT2D eigenvalue weighted by Crippen LogP contribution is 2.31. The van der Waals surface area contributed by atoms with E-state index in [1.54, 1.807) is 24.3 Å². The summed E-state index contributed by atoms with van der Waals surface area (Å²) in [5, 5.41) is 0. The number of nitrogen functional groups attached to an aromatic ring is 1. The Morgan fingerprint density at radius 1 is 1.35 bits per heavy atom. The molecule has 0 saturated carbocycles. The van der Waals surface area contributed by atoms with Crippen molar-refractivity contribution in [2.75, 3.05) is 12.8 Å². The van der Waals surface area contributed by atoms with Gasteiger partial charge in [0.05, 0.1) is 7.11 Å². The van der Waals surface area contributed by atoms with Crippen LogP contribution in [0.15, 0.2) is 39.2 Å². The fraction of sp³-hybridized carbons (Fsp3) is 0.0833. The van der Waals surface area contributed by atoms with E-state index in [4.69, 9.17) is 10.2 Å². The van der Waals surface area contributed by atoms with E-state index in [9.17, 15) is 4.79 Å². The molecule has 0 amide bonds. The Hall–Kier alpha value is -1.75.